The first-order chi connectivity index (χ1) is 9.15. The number of alkyl halides is 3. The van der Waals surface area contributed by atoms with Crippen molar-refractivity contribution in [2.24, 2.45) is 0 Å². The third-order valence-corrected chi connectivity index (χ3v) is 2.84. The van der Waals surface area contributed by atoms with E-state index in [1.54, 1.807) is 0 Å². The van der Waals surface area contributed by atoms with E-state index in [0.29, 0.717) is 0 Å². The molecule has 1 aromatic carbocycles. The van der Waals surface area contributed by atoms with Crippen LogP contribution in [0.2, 0.25) is 0 Å². The molecular formula is C13H17F4NO2. The Balaban J connectivity index is 3.27. The first kappa shape index (κ1) is 16.7. The Morgan fingerprint density at radius 2 is 1.90 bits per heavy atom. The molecule has 0 bridgehead atoms. The van der Waals surface area contributed by atoms with Crippen LogP contribution in [-0.2, 0) is 0 Å². The molecule has 0 heterocycles. The van der Waals surface area contributed by atoms with E-state index in [-0.39, 0.29) is 23.4 Å². The summed E-state index contributed by atoms with van der Waals surface area (Å²) in [5.41, 5.74) is 0.311. The molecule has 0 unspecified atom stereocenters. The summed E-state index contributed by atoms with van der Waals surface area (Å²) in [6.07, 6.45) is -5.58. The van der Waals surface area contributed by atoms with Gasteiger partial charge in [-0.15, -0.1) is 0 Å². The fraction of sp³-hybridized carbons (Fsp3) is 0.538. The summed E-state index contributed by atoms with van der Waals surface area (Å²) in [4.78, 5) is 0.883. The SMILES string of the molecule is Cc1cc(N(CCO)CC(F)(F)F)c([C@@H](C)O)cc1F. The molecule has 0 saturated heterocycles. The second-order valence-corrected chi connectivity index (χ2v) is 4.60. The van der Waals surface area contributed by atoms with Gasteiger partial charge in [0, 0.05) is 17.8 Å². The van der Waals surface area contributed by atoms with Crippen molar-refractivity contribution >= 4 is 5.69 Å². The van der Waals surface area contributed by atoms with Gasteiger partial charge in [0.05, 0.1) is 12.7 Å². The van der Waals surface area contributed by atoms with Gasteiger partial charge >= 0.3 is 6.18 Å². The first-order valence-electron chi connectivity index (χ1n) is 6.06. The van der Waals surface area contributed by atoms with Gasteiger partial charge in [-0.2, -0.15) is 13.2 Å². The highest BCUT2D eigenvalue weighted by Gasteiger charge is 2.32. The van der Waals surface area contributed by atoms with Crippen LogP contribution >= 0.6 is 0 Å². The van der Waals surface area contributed by atoms with Crippen molar-refractivity contribution in [3.63, 3.8) is 0 Å². The van der Waals surface area contributed by atoms with Crippen LogP contribution in [0.5, 0.6) is 0 Å². The molecular weight excluding hydrogens is 278 g/mol. The molecule has 0 radical (unpaired) electrons. The van der Waals surface area contributed by atoms with Crippen molar-refractivity contribution < 1.29 is 27.8 Å². The van der Waals surface area contributed by atoms with Gasteiger partial charge < -0.3 is 15.1 Å². The number of nitrogens with zero attached hydrogens (tertiary/aromatic N) is 1. The van der Waals surface area contributed by atoms with Crippen LogP contribution in [0, 0.1) is 12.7 Å². The Hall–Kier alpha value is -1.34. The van der Waals surface area contributed by atoms with E-state index in [2.05, 4.69) is 0 Å². The Morgan fingerprint density at radius 1 is 1.30 bits per heavy atom. The molecule has 0 aliphatic carbocycles. The van der Waals surface area contributed by atoms with Gasteiger partial charge in [-0.3, -0.25) is 0 Å². The number of anilines is 1. The summed E-state index contributed by atoms with van der Waals surface area (Å²) in [6.45, 7) is 0.752. The quantitative estimate of drug-likeness (QED) is 0.821. The molecule has 20 heavy (non-hydrogen) atoms. The summed E-state index contributed by atoms with van der Waals surface area (Å²) in [5.74, 6) is -0.597. The molecule has 0 saturated carbocycles. The molecule has 3 nitrogen and oxygen atoms in total. The summed E-state index contributed by atoms with van der Waals surface area (Å²) in [7, 11) is 0. The lowest BCUT2D eigenvalue weighted by atomic mass is 10.0. The zero-order valence-corrected chi connectivity index (χ0v) is 11.2. The number of hydrogen-bond acceptors (Lipinski definition) is 3. The van der Waals surface area contributed by atoms with Crippen molar-refractivity contribution in [3.05, 3.63) is 29.1 Å². The number of halogens is 4. The van der Waals surface area contributed by atoms with E-state index < -0.39 is 31.2 Å². The largest absolute Gasteiger partial charge is 0.405 e. The van der Waals surface area contributed by atoms with Crippen molar-refractivity contribution in [2.45, 2.75) is 26.1 Å². The fourth-order valence-corrected chi connectivity index (χ4v) is 1.91. The third-order valence-electron chi connectivity index (χ3n) is 2.84. The van der Waals surface area contributed by atoms with E-state index >= 15 is 0 Å². The number of benzene rings is 1. The lowest BCUT2D eigenvalue weighted by Gasteiger charge is -2.28. The van der Waals surface area contributed by atoms with Gasteiger partial charge in [-0.05, 0) is 31.5 Å². The first-order valence-corrected chi connectivity index (χ1v) is 6.06. The summed E-state index contributed by atoms with van der Waals surface area (Å²) in [6, 6.07) is 2.27. The smallest absolute Gasteiger partial charge is 0.395 e. The van der Waals surface area contributed by atoms with Crippen LogP contribution in [0.15, 0.2) is 12.1 Å². The molecule has 1 aromatic rings. The minimum atomic E-state index is -4.46. The molecule has 0 aliphatic heterocycles. The summed E-state index contributed by atoms with van der Waals surface area (Å²) >= 11 is 0. The average molecular weight is 295 g/mol. The van der Waals surface area contributed by atoms with Gasteiger partial charge in [-0.25, -0.2) is 4.39 Å². The number of aliphatic hydroxyl groups is 2. The second-order valence-electron chi connectivity index (χ2n) is 4.60. The Bertz CT molecular complexity index is 460. The minimum absolute atomic E-state index is 0.0609. The van der Waals surface area contributed by atoms with Crippen LogP contribution in [0.1, 0.15) is 24.2 Å². The molecule has 114 valence electrons. The lowest BCUT2D eigenvalue weighted by molar-refractivity contribution is -0.119. The van der Waals surface area contributed by atoms with Crippen molar-refractivity contribution in [1.29, 1.82) is 0 Å². The maximum Gasteiger partial charge on any atom is 0.405 e. The zero-order valence-electron chi connectivity index (χ0n) is 11.2. The predicted octanol–water partition coefficient (Wildman–Crippen LogP) is 2.55. The molecule has 1 rings (SSSR count). The molecule has 0 fully saturated rings. The van der Waals surface area contributed by atoms with E-state index in [1.807, 2.05) is 0 Å². The fourth-order valence-electron chi connectivity index (χ4n) is 1.91. The van der Waals surface area contributed by atoms with Gasteiger partial charge in [0.2, 0.25) is 0 Å². The molecule has 0 amide bonds. The van der Waals surface area contributed by atoms with E-state index in [4.69, 9.17) is 5.11 Å². The number of hydrogen-bond donors (Lipinski definition) is 2. The topological polar surface area (TPSA) is 43.7 Å². The molecule has 0 spiro atoms. The Labute approximate surface area is 114 Å². The van der Waals surface area contributed by atoms with Gasteiger partial charge in [0.25, 0.3) is 0 Å². The van der Waals surface area contributed by atoms with Crippen LogP contribution in [-0.4, -0.2) is 36.1 Å². The Morgan fingerprint density at radius 3 is 2.35 bits per heavy atom. The maximum atomic E-state index is 13.5. The van der Waals surface area contributed by atoms with Crippen molar-refractivity contribution in [2.75, 3.05) is 24.6 Å². The molecule has 0 aromatic heterocycles. The molecule has 7 heteroatoms. The summed E-state index contributed by atoms with van der Waals surface area (Å²) in [5, 5.41) is 18.5. The van der Waals surface area contributed by atoms with Crippen LogP contribution in [0.4, 0.5) is 23.2 Å². The van der Waals surface area contributed by atoms with Crippen molar-refractivity contribution in [1.82, 2.24) is 0 Å². The second kappa shape index (κ2) is 6.41. The predicted molar refractivity (Wildman–Crippen MR) is 67.1 cm³/mol. The normalized spacial score (nSPS) is 13.4. The maximum absolute atomic E-state index is 13.5. The number of aliphatic hydroxyl groups excluding tert-OH is 2. The highest BCUT2D eigenvalue weighted by Crippen LogP contribution is 2.31. The summed E-state index contributed by atoms with van der Waals surface area (Å²) < 4.78 is 51.2. The van der Waals surface area contributed by atoms with E-state index in [0.717, 1.165) is 11.0 Å². The van der Waals surface area contributed by atoms with Crippen LogP contribution < -0.4 is 4.90 Å². The lowest BCUT2D eigenvalue weighted by Crippen LogP contribution is -2.37. The highest BCUT2D eigenvalue weighted by molar-refractivity contribution is 5.57. The van der Waals surface area contributed by atoms with Crippen LogP contribution in [0.25, 0.3) is 0 Å². The van der Waals surface area contributed by atoms with Crippen LogP contribution in [0.3, 0.4) is 0 Å². The third kappa shape index (κ3) is 4.35. The van der Waals surface area contributed by atoms with Crippen molar-refractivity contribution in [3.8, 4) is 0 Å². The zero-order chi connectivity index (χ0) is 15.5. The molecule has 1 atom stereocenters. The van der Waals surface area contributed by atoms with E-state index in [1.165, 1.54) is 19.9 Å². The van der Waals surface area contributed by atoms with Gasteiger partial charge in [0.15, 0.2) is 0 Å². The molecule has 0 aliphatic rings. The van der Waals surface area contributed by atoms with E-state index in [9.17, 15) is 22.7 Å². The standard InChI is InChI=1S/C13H17F4NO2/c1-8-5-12(10(9(2)20)6-11(8)14)18(3-4-19)7-13(15,16)17/h5-6,9,19-20H,3-4,7H2,1-2H3/t9-/m1/s1. The average Bonchev–Trinajstić information content (AvgIpc) is 2.29. The minimum Gasteiger partial charge on any atom is -0.395 e. The monoisotopic (exact) mass is 295 g/mol. The van der Waals surface area contributed by atoms with Gasteiger partial charge in [0.1, 0.15) is 12.4 Å². The molecule has 2 N–H and O–H groups in total. The number of rotatable bonds is 5. The number of aryl methyl sites for hydroxylation is 1. The van der Waals surface area contributed by atoms with Gasteiger partial charge in [-0.1, -0.05) is 0 Å². The highest BCUT2D eigenvalue weighted by atomic mass is 19.4. The Kier molecular flexibility index (Phi) is 5.35.